The minimum absolute atomic E-state index is 0.163. The van der Waals surface area contributed by atoms with Crippen LogP contribution in [0.2, 0.25) is 0 Å². The Balaban J connectivity index is 3.73. The Labute approximate surface area is 129 Å². The molecule has 1 atom stereocenters. The Morgan fingerprint density at radius 1 is 0.905 bits per heavy atom. The van der Waals surface area contributed by atoms with Crippen molar-refractivity contribution in [3.8, 4) is 0 Å². The number of carbonyl (C=O) groups excluding carboxylic acids is 2. The van der Waals surface area contributed by atoms with E-state index in [9.17, 15) is 9.59 Å². The molecule has 0 saturated heterocycles. The van der Waals surface area contributed by atoms with Crippen molar-refractivity contribution in [2.75, 3.05) is 0 Å². The molecule has 21 heavy (non-hydrogen) atoms. The summed E-state index contributed by atoms with van der Waals surface area (Å²) in [6.45, 7) is 8.41. The molecule has 0 aromatic rings. The van der Waals surface area contributed by atoms with Crippen LogP contribution in [-0.2, 0) is 19.4 Å². The van der Waals surface area contributed by atoms with Gasteiger partial charge >= 0.3 is 11.9 Å². The molecule has 0 aliphatic carbocycles. The van der Waals surface area contributed by atoms with Crippen LogP contribution < -0.4 is 0 Å². The maximum atomic E-state index is 11.7. The molecule has 0 N–H and O–H groups in total. The van der Waals surface area contributed by atoms with E-state index in [1.807, 2.05) is 6.92 Å². The molecule has 0 aliphatic heterocycles. The molecule has 0 amide bonds. The zero-order valence-electron chi connectivity index (χ0n) is 14.2. The van der Waals surface area contributed by atoms with Crippen molar-refractivity contribution in [2.45, 2.75) is 85.5 Å². The van der Waals surface area contributed by atoms with E-state index in [4.69, 9.17) is 0 Å². The van der Waals surface area contributed by atoms with Crippen LogP contribution in [-0.4, -0.2) is 11.9 Å². The molecule has 1 unspecified atom stereocenters. The average Bonchev–Trinajstić information content (AvgIpc) is 2.45. The van der Waals surface area contributed by atoms with Gasteiger partial charge in [0.25, 0.3) is 0 Å². The Kier molecular flexibility index (Phi) is 12.0. The van der Waals surface area contributed by atoms with E-state index in [0.717, 1.165) is 38.5 Å². The van der Waals surface area contributed by atoms with Crippen molar-refractivity contribution in [1.29, 1.82) is 0 Å². The Morgan fingerprint density at radius 2 is 1.62 bits per heavy atom. The minimum Gasteiger partial charge on any atom is -0.247 e. The van der Waals surface area contributed by atoms with Gasteiger partial charge in [0, 0.05) is 0 Å². The van der Waals surface area contributed by atoms with Gasteiger partial charge in [0.1, 0.15) is 0 Å². The number of carbonyl (C=O) groups is 2. The van der Waals surface area contributed by atoms with Gasteiger partial charge in [-0.3, -0.25) is 0 Å². The predicted molar refractivity (Wildman–Crippen MR) is 83.4 cm³/mol. The molecule has 0 saturated carbocycles. The van der Waals surface area contributed by atoms with Gasteiger partial charge in [-0.1, -0.05) is 59.8 Å². The van der Waals surface area contributed by atoms with E-state index in [1.165, 1.54) is 6.42 Å². The minimum atomic E-state index is -0.446. The van der Waals surface area contributed by atoms with Crippen LogP contribution >= 0.6 is 0 Å². The summed E-state index contributed by atoms with van der Waals surface area (Å²) < 4.78 is 0. The molecule has 0 bridgehead atoms. The van der Waals surface area contributed by atoms with Crippen molar-refractivity contribution in [3.63, 3.8) is 0 Å². The normalized spacial score (nSPS) is 12.2. The first-order valence-electron chi connectivity index (χ1n) is 8.42. The Morgan fingerprint density at radius 3 is 2.19 bits per heavy atom. The molecule has 4 nitrogen and oxygen atoms in total. The van der Waals surface area contributed by atoms with Gasteiger partial charge in [0.05, 0.1) is 12.3 Å². The standard InChI is InChI=1S/C17H32O4/c1-5-7-12-15(6-2)17(19)21-20-16(18)13-10-8-9-11-14(3)4/h14-15H,5-13H2,1-4H3. The molecule has 0 aromatic heterocycles. The summed E-state index contributed by atoms with van der Waals surface area (Å²) in [7, 11) is 0. The predicted octanol–water partition coefficient (Wildman–Crippen LogP) is 4.81. The lowest BCUT2D eigenvalue weighted by Gasteiger charge is -2.11. The number of hydrogen-bond acceptors (Lipinski definition) is 4. The van der Waals surface area contributed by atoms with Gasteiger partial charge in [0.15, 0.2) is 0 Å². The van der Waals surface area contributed by atoms with E-state index in [-0.39, 0.29) is 5.92 Å². The Hall–Kier alpha value is -1.06. The number of unbranched alkanes of at least 4 members (excludes halogenated alkanes) is 3. The van der Waals surface area contributed by atoms with E-state index in [2.05, 4.69) is 30.5 Å². The van der Waals surface area contributed by atoms with Gasteiger partial charge < -0.3 is 0 Å². The smallest absolute Gasteiger partial charge is 0.247 e. The molecule has 0 spiro atoms. The molecular weight excluding hydrogens is 268 g/mol. The highest BCUT2D eigenvalue weighted by molar-refractivity contribution is 5.74. The third-order valence-electron chi connectivity index (χ3n) is 3.61. The SMILES string of the molecule is CCCCC(CC)C(=O)OOC(=O)CCCCCC(C)C. The summed E-state index contributed by atoms with van der Waals surface area (Å²) in [5.74, 6) is -0.326. The second-order valence-electron chi connectivity index (χ2n) is 6.10. The maximum Gasteiger partial charge on any atom is 0.358 e. The molecule has 0 radical (unpaired) electrons. The van der Waals surface area contributed by atoms with Gasteiger partial charge in [0.2, 0.25) is 0 Å². The maximum absolute atomic E-state index is 11.7. The molecule has 0 aromatic carbocycles. The first-order chi connectivity index (χ1) is 10.0. The Bertz CT molecular complexity index is 287. The quantitative estimate of drug-likeness (QED) is 0.312. The monoisotopic (exact) mass is 300 g/mol. The average molecular weight is 300 g/mol. The van der Waals surface area contributed by atoms with Crippen LogP contribution in [0.25, 0.3) is 0 Å². The molecule has 0 heterocycles. The summed E-state index contributed by atoms with van der Waals surface area (Å²) in [4.78, 5) is 32.5. The summed E-state index contributed by atoms with van der Waals surface area (Å²) in [5.41, 5.74) is 0. The number of rotatable bonds is 11. The van der Waals surface area contributed by atoms with Gasteiger partial charge in [-0.05, 0) is 25.2 Å². The fourth-order valence-electron chi connectivity index (χ4n) is 2.14. The lowest BCUT2D eigenvalue weighted by molar-refractivity contribution is -0.262. The van der Waals surface area contributed by atoms with E-state index >= 15 is 0 Å². The molecule has 0 fully saturated rings. The highest BCUT2D eigenvalue weighted by atomic mass is 17.2. The van der Waals surface area contributed by atoms with Crippen LogP contribution in [0.1, 0.15) is 85.5 Å². The zero-order chi connectivity index (χ0) is 16.1. The second kappa shape index (κ2) is 12.7. The molecule has 0 aliphatic rings. The third kappa shape index (κ3) is 11.3. The van der Waals surface area contributed by atoms with Crippen molar-refractivity contribution < 1.29 is 19.4 Å². The lowest BCUT2D eigenvalue weighted by atomic mass is 10.00. The topological polar surface area (TPSA) is 52.6 Å². The fraction of sp³-hybridized carbons (Fsp3) is 0.882. The zero-order valence-corrected chi connectivity index (χ0v) is 14.2. The first-order valence-corrected chi connectivity index (χ1v) is 8.42. The highest BCUT2D eigenvalue weighted by Crippen LogP contribution is 2.15. The van der Waals surface area contributed by atoms with Crippen LogP contribution in [0.5, 0.6) is 0 Å². The van der Waals surface area contributed by atoms with Gasteiger partial charge in [-0.25, -0.2) is 19.4 Å². The summed E-state index contributed by atoms with van der Waals surface area (Å²) >= 11 is 0. The van der Waals surface area contributed by atoms with Gasteiger partial charge in [-0.15, -0.1) is 0 Å². The largest absolute Gasteiger partial charge is 0.358 e. The molecule has 4 heteroatoms. The van der Waals surface area contributed by atoms with Crippen LogP contribution in [0.4, 0.5) is 0 Å². The number of hydrogen-bond donors (Lipinski definition) is 0. The van der Waals surface area contributed by atoms with Crippen molar-refractivity contribution in [3.05, 3.63) is 0 Å². The van der Waals surface area contributed by atoms with Crippen molar-refractivity contribution in [1.82, 2.24) is 0 Å². The van der Waals surface area contributed by atoms with Crippen molar-refractivity contribution >= 4 is 11.9 Å². The summed E-state index contributed by atoms with van der Waals surface area (Å²) in [6.07, 6.45) is 7.95. The van der Waals surface area contributed by atoms with E-state index in [1.54, 1.807) is 0 Å². The summed E-state index contributed by atoms with van der Waals surface area (Å²) in [5, 5.41) is 0. The van der Waals surface area contributed by atoms with Crippen LogP contribution in [0.15, 0.2) is 0 Å². The first kappa shape index (κ1) is 19.9. The van der Waals surface area contributed by atoms with Crippen LogP contribution in [0, 0.1) is 11.8 Å². The lowest BCUT2D eigenvalue weighted by Crippen LogP contribution is -2.19. The highest BCUT2D eigenvalue weighted by Gasteiger charge is 2.20. The molecule has 124 valence electrons. The third-order valence-corrected chi connectivity index (χ3v) is 3.61. The van der Waals surface area contributed by atoms with Crippen molar-refractivity contribution in [2.24, 2.45) is 11.8 Å². The van der Waals surface area contributed by atoms with E-state index in [0.29, 0.717) is 18.8 Å². The van der Waals surface area contributed by atoms with Gasteiger partial charge in [-0.2, -0.15) is 0 Å². The summed E-state index contributed by atoms with van der Waals surface area (Å²) in [6, 6.07) is 0. The molecule has 0 rings (SSSR count). The second-order valence-corrected chi connectivity index (χ2v) is 6.10. The van der Waals surface area contributed by atoms with E-state index < -0.39 is 11.9 Å². The molecular formula is C17H32O4. The van der Waals surface area contributed by atoms with Crippen LogP contribution in [0.3, 0.4) is 0 Å². The fourth-order valence-corrected chi connectivity index (χ4v) is 2.14.